The van der Waals surface area contributed by atoms with Gasteiger partial charge in [0.25, 0.3) is 0 Å². The average molecular weight is 546 g/mol. The van der Waals surface area contributed by atoms with Crippen molar-refractivity contribution in [3.63, 3.8) is 0 Å². The van der Waals surface area contributed by atoms with Crippen LogP contribution in [0.15, 0.2) is 36.4 Å². The molecule has 38 heavy (non-hydrogen) atoms. The first-order valence-corrected chi connectivity index (χ1v) is 10.2. The lowest BCUT2D eigenvalue weighted by atomic mass is 9.84. The quantitative estimate of drug-likeness (QED) is 0.0898. The Labute approximate surface area is 203 Å². The van der Waals surface area contributed by atoms with E-state index in [9.17, 15) is 39.5 Å². The molecule has 5 aromatic carbocycles. The molecule has 0 fully saturated rings. The third-order valence-corrected chi connectivity index (χ3v) is 5.96. The molecular weight excluding hydrogens is 540 g/mol. The average Bonchev–Trinajstić information content (AvgIpc) is 2.88. The summed E-state index contributed by atoms with van der Waals surface area (Å²) in [6.45, 7) is 0. The van der Waals surface area contributed by atoms with Crippen LogP contribution in [0.3, 0.4) is 0 Å². The molecule has 0 atom stereocenters. The zero-order valence-electron chi connectivity index (χ0n) is 18.0. The topological polar surface area (TPSA) is 0 Å². The van der Waals surface area contributed by atoms with E-state index in [1.165, 1.54) is 0 Å². The van der Waals surface area contributed by atoms with Crippen LogP contribution in [0.4, 0.5) is 52.7 Å². The predicted octanol–water partition coefficient (Wildman–Crippen LogP) is 9.00. The molecule has 0 aliphatic rings. The molecule has 0 unspecified atom stereocenters. The highest BCUT2D eigenvalue weighted by Crippen LogP contribution is 2.49. The van der Waals surface area contributed by atoms with Crippen molar-refractivity contribution in [3.8, 4) is 22.3 Å². The maximum Gasteiger partial charge on any atom is 0.200 e. The first-order valence-electron chi connectivity index (χ1n) is 10.2. The Morgan fingerprint density at radius 3 is 1.26 bits per heavy atom. The number of rotatable bonds is 2. The fourth-order valence-corrected chi connectivity index (χ4v) is 4.41. The van der Waals surface area contributed by atoms with Crippen molar-refractivity contribution in [2.45, 2.75) is 0 Å². The molecule has 0 N–H and O–H groups in total. The second kappa shape index (κ2) is 8.67. The molecule has 0 saturated carbocycles. The largest absolute Gasteiger partial charge is 0.206 e. The summed E-state index contributed by atoms with van der Waals surface area (Å²) in [5.74, 6) is -25.7. The van der Waals surface area contributed by atoms with E-state index in [1.807, 2.05) is 0 Å². The van der Waals surface area contributed by atoms with Crippen LogP contribution in [0, 0.1) is 69.8 Å². The van der Waals surface area contributed by atoms with E-state index in [1.54, 1.807) is 0 Å². The van der Waals surface area contributed by atoms with Crippen LogP contribution in [-0.4, -0.2) is 0 Å². The molecule has 0 heterocycles. The fourth-order valence-electron chi connectivity index (χ4n) is 4.41. The monoisotopic (exact) mass is 546 g/mol. The second-order valence-corrected chi connectivity index (χ2v) is 7.98. The lowest BCUT2D eigenvalue weighted by Gasteiger charge is -2.20. The first-order chi connectivity index (χ1) is 17.9. The summed E-state index contributed by atoms with van der Waals surface area (Å²) in [6, 6.07) is 2.61. The van der Waals surface area contributed by atoms with Gasteiger partial charge in [-0.3, -0.25) is 0 Å². The van der Waals surface area contributed by atoms with Crippen molar-refractivity contribution < 1.29 is 52.7 Å². The van der Waals surface area contributed by atoms with Crippen molar-refractivity contribution in [1.82, 2.24) is 0 Å². The van der Waals surface area contributed by atoms with E-state index in [4.69, 9.17) is 0 Å². The highest BCUT2D eigenvalue weighted by Gasteiger charge is 2.33. The molecule has 5 rings (SSSR count). The number of hydrogen-bond acceptors (Lipinski definition) is 0. The molecule has 0 radical (unpaired) electrons. The van der Waals surface area contributed by atoms with E-state index >= 15 is 13.2 Å². The molecule has 0 amide bonds. The van der Waals surface area contributed by atoms with Crippen LogP contribution in [0.2, 0.25) is 0 Å². The summed E-state index contributed by atoms with van der Waals surface area (Å²) in [5, 5.41) is -4.76. The highest BCUT2D eigenvalue weighted by molar-refractivity contribution is 6.22. The molecule has 0 aromatic heterocycles. The number of fused-ring (bicyclic) bond motifs is 2. The Hall–Kier alpha value is -4.22. The van der Waals surface area contributed by atoms with Crippen LogP contribution in [-0.2, 0) is 0 Å². The van der Waals surface area contributed by atoms with Gasteiger partial charge in [-0.2, -0.15) is 0 Å². The zero-order valence-corrected chi connectivity index (χ0v) is 18.0. The number of hydrogen-bond donors (Lipinski definition) is 0. The molecule has 0 aliphatic heterocycles. The van der Waals surface area contributed by atoms with E-state index in [-0.39, 0.29) is 6.07 Å². The third-order valence-electron chi connectivity index (χ3n) is 5.96. The maximum atomic E-state index is 15.2. The molecular formula is C26H6F12. The fraction of sp³-hybridized carbons (Fsp3) is 0. The first kappa shape index (κ1) is 25.4. The van der Waals surface area contributed by atoms with E-state index < -0.39 is 114 Å². The van der Waals surface area contributed by atoms with Crippen molar-refractivity contribution in [3.05, 3.63) is 106 Å². The lowest BCUT2D eigenvalue weighted by molar-refractivity contribution is 0.381. The van der Waals surface area contributed by atoms with Gasteiger partial charge in [0.15, 0.2) is 46.5 Å². The predicted molar refractivity (Wildman–Crippen MR) is 112 cm³/mol. The molecule has 0 spiro atoms. The normalized spacial score (nSPS) is 11.7. The van der Waals surface area contributed by atoms with Gasteiger partial charge in [-0.25, -0.2) is 52.7 Å². The van der Waals surface area contributed by atoms with Gasteiger partial charge in [-0.15, -0.1) is 0 Å². The van der Waals surface area contributed by atoms with Gasteiger partial charge in [-0.05, 0) is 23.6 Å². The minimum Gasteiger partial charge on any atom is -0.206 e. The molecule has 194 valence electrons. The Bertz CT molecular complexity index is 1790. The van der Waals surface area contributed by atoms with Gasteiger partial charge < -0.3 is 0 Å². The second-order valence-electron chi connectivity index (χ2n) is 7.98. The SMILES string of the molecule is Fc1cc(F)c(F)c(-c2c3c(F)cccc3c(-c3c(F)c(F)c(F)c(F)c3F)c3c(F)ccc(F)c23)c1F. The molecule has 0 bridgehead atoms. The number of benzene rings is 5. The van der Waals surface area contributed by atoms with E-state index in [0.29, 0.717) is 18.2 Å². The molecule has 0 saturated heterocycles. The minimum absolute atomic E-state index is 0.213. The van der Waals surface area contributed by atoms with Crippen LogP contribution in [0.25, 0.3) is 43.8 Å². The summed E-state index contributed by atoms with van der Waals surface area (Å²) in [4.78, 5) is 0. The van der Waals surface area contributed by atoms with Crippen LogP contribution in [0.5, 0.6) is 0 Å². The van der Waals surface area contributed by atoms with E-state index in [2.05, 4.69) is 0 Å². The van der Waals surface area contributed by atoms with Gasteiger partial charge in [0, 0.05) is 33.4 Å². The standard InChI is InChI=1S/C26H6F12/c27-8-3-1-2-7-13(8)17(19-20(32)11(30)6-12(31)21(19)33)16-10(29)5-4-9(28)15(16)14(7)18-22(34)24(36)26(38)25(37)23(18)35/h1-6H. The Kier molecular flexibility index (Phi) is 5.80. The van der Waals surface area contributed by atoms with E-state index in [0.717, 1.165) is 12.1 Å². The Balaban J connectivity index is 2.20. The third kappa shape index (κ3) is 3.35. The van der Waals surface area contributed by atoms with Crippen molar-refractivity contribution in [1.29, 1.82) is 0 Å². The number of halogens is 12. The zero-order chi connectivity index (χ0) is 27.8. The molecule has 12 heteroatoms. The van der Waals surface area contributed by atoms with Gasteiger partial charge in [0.2, 0.25) is 5.82 Å². The maximum absolute atomic E-state index is 15.2. The Morgan fingerprint density at radius 2 is 0.737 bits per heavy atom. The lowest BCUT2D eigenvalue weighted by Crippen LogP contribution is -2.07. The molecule has 5 aromatic rings. The summed E-state index contributed by atoms with van der Waals surface area (Å²) in [5.41, 5.74) is -6.12. The van der Waals surface area contributed by atoms with Crippen LogP contribution >= 0.6 is 0 Å². The van der Waals surface area contributed by atoms with Gasteiger partial charge >= 0.3 is 0 Å². The Morgan fingerprint density at radius 1 is 0.316 bits per heavy atom. The van der Waals surface area contributed by atoms with Crippen molar-refractivity contribution in [2.24, 2.45) is 0 Å². The smallest absolute Gasteiger partial charge is 0.200 e. The molecule has 0 aliphatic carbocycles. The molecule has 0 nitrogen and oxygen atoms in total. The van der Waals surface area contributed by atoms with Crippen LogP contribution in [0.1, 0.15) is 0 Å². The summed E-state index contributed by atoms with van der Waals surface area (Å²) >= 11 is 0. The van der Waals surface area contributed by atoms with Gasteiger partial charge in [0.1, 0.15) is 17.5 Å². The summed E-state index contributed by atoms with van der Waals surface area (Å²) < 4.78 is 175. The highest BCUT2D eigenvalue weighted by atomic mass is 19.2. The van der Waals surface area contributed by atoms with Gasteiger partial charge in [0.05, 0.1) is 11.1 Å². The van der Waals surface area contributed by atoms with Gasteiger partial charge in [-0.1, -0.05) is 12.1 Å². The van der Waals surface area contributed by atoms with Crippen molar-refractivity contribution in [2.75, 3.05) is 0 Å². The summed E-state index contributed by atoms with van der Waals surface area (Å²) in [6.07, 6.45) is 0. The van der Waals surface area contributed by atoms with Crippen molar-refractivity contribution >= 4 is 21.5 Å². The minimum atomic E-state index is -2.59. The summed E-state index contributed by atoms with van der Waals surface area (Å²) in [7, 11) is 0. The van der Waals surface area contributed by atoms with Crippen LogP contribution < -0.4 is 0 Å².